The SMILES string of the molecule is Cl.NCCCC[C@@H](C(=O)O)N(CC(=O)O)CC(=O)O. The Labute approximate surface area is 116 Å². The molecule has 9 heteroatoms. The molecule has 0 bridgehead atoms. The summed E-state index contributed by atoms with van der Waals surface area (Å²) < 4.78 is 0. The molecule has 0 fully saturated rings. The first-order valence-corrected chi connectivity index (χ1v) is 5.49. The van der Waals surface area contributed by atoms with Gasteiger partial charge < -0.3 is 21.1 Å². The van der Waals surface area contributed by atoms with Gasteiger partial charge in [0, 0.05) is 0 Å². The molecule has 1 atom stereocenters. The molecule has 0 amide bonds. The van der Waals surface area contributed by atoms with E-state index >= 15 is 0 Å². The second-order valence-electron chi connectivity index (χ2n) is 3.83. The molecule has 0 aromatic carbocycles. The fourth-order valence-corrected chi connectivity index (χ4v) is 1.57. The van der Waals surface area contributed by atoms with Crippen molar-refractivity contribution in [2.45, 2.75) is 25.3 Å². The normalized spacial score (nSPS) is 11.7. The fourth-order valence-electron chi connectivity index (χ4n) is 1.57. The first-order valence-electron chi connectivity index (χ1n) is 5.49. The minimum atomic E-state index is -1.26. The molecule has 0 aromatic rings. The van der Waals surface area contributed by atoms with E-state index in [2.05, 4.69) is 0 Å². The average molecular weight is 299 g/mol. The first kappa shape index (κ1) is 19.9. The number of nitrogens with zero attached hydrogens (tertiary/aromatic N) is 1. The maximum absolute atomic E-state index is 11.0. The lowest BCUT2D eigenvalue weighted by molar-refractivity contribution is -0.149. The molecule has 0 radical (unpaired) electrons. The molecular weight excluding hydrogens is 280 g/mol. The molecule has 0 aliphatic carbocycles. The van der Waals surface area contributed by atoms with Gasteiger partial charge in [0.2, 0.25) is 0 Å². The van der Waals surface area contributed by atoms with E-state index in [0.717, 1.165) is 4.90 Å². The van der Waals surface area contributed by atoms with Crippen molar-refractivity contribution in [3.8, 4) is 0 Å². The van der Waals surface area contributed by atoms with Crippen LogP contribution in [0.15, 0.2) is 0 Å². The molecule has 0 spiro atoms. The van der Waals surface area contributed by atoms with Crippen LogP contribution in [-0.2, 0) is 14.4 Å². The molecule has 0 saturated heterocycles. The Kier molecular flexibility index (Phi) is 11.1. The lowest BCUT2D eigenvalue weighted by Crippen LogP contribution is -2.46. The van der Waals surface area contributed by atoms with Crippen LogP contribution in [0.4, 0.5) is 0 Å². The minimum absolute atomic E-state index is 0. The number of nitrogens with two attached hydrogens (primary N) is 1. The summed E-state index contributed by atoms with van der Waals surface area (Å²) in [7, 11) is 0. The number of carboxylic acid groups (broad SMARTS) is 3. The Morgan fingerprint density at radius 3 is 1.79 bits per heavy atom. The first-order chi connectivity index (χ1) is 8.38. The van der Waals surface area contributed by atoms with Crippen molar-refractivity contribution < 1.29 is 29.7 Å². The van der Waals surface area contributed by atoms with Gasteiger partial charge in [0.05, 0.1) is 13.1 Å². The van der Waals surface area contributed by atoms with Crippen LogP contribution in [0.5, 0.6) is 0 Å². The summed E-state index contributed by atoms with van der Waals surface area (Å²) in [6.45, 7) is -0.831. The zero-order chi connectivity index (χ0) is 14.1. The van der Waals surface area contributed by atoms with Crippen LogP contribution in [-0.4, -0.2) is 63.8 Å². The summed E-state index contributed by atoms with van der Waals surface area (Å²) in [6.07, 6.45) is 1.29. The molecule has 0 heterocycles. The Balaban J connectivity index is 0. The fraction of sp³-hybridized carbons (Fsp3) is 0.700. The van der Waals surface area contributed by atoms with Gasteiger partial charge in [0.1, 0.15) is 6.04 Å². The van der Waals surface area contributed by atoms with E-state index in [4.69, 9.17) is 21.1 Å². The second-order valence-corrected chi connectivity index (χ2v) is 3.83. The third-order valence-corrected chi connectivity index (χ3v) is 2.33. The molecular formula is C10H19ClN2O6. The van der Waals surface area contributed by atoms with Gasteiger partial charge >= 0.3 is 17.9 Å². The lowest BCUT2D eigenvalue weighted by atomic mass is 10.1. The number of carbonyl (C=O) groups is 3. The van der Waals surface area contributed by atoms with Crippen molar-refractivity contribution in [1.82, 2.24) is 4.90 Å². The highest BCUT2D eigenvalue weighted by molar-refractivity contribution is 5.85. The molecule has 0 aromatic heterocycles. The van der Waals surface area contributed by atoms with Crippen LogP contribution >= 0.6 is 12.4 Å². The third-order valence-electron chi connectivity index (χ3n) is 2.33. The van der Waals surface area contributed by atoms with Gasteiger partial charge in [0.25, 0.3) is 0 Å². The standard InChI is InChI=1S/C10H18N2O6.ClH/c11-4-2-1-3-7(10(17)18)12(5-8(13)14)6-9(15)16;/h7H,1-6,11H2,(H,13,14)(H,15,16)(H,17,18);1H/t7-;/m0./s1. The van der Waals surface area contributed by atoms with E-state index in [1.807, 2.05) is 0 Å². The number of hydrogen-bond acceptors (Lipinski definition) is 5. The van der Waals surface area contributed by atoms with Crippen molar-refractivity contribution in [2.75, 3.05) is 19.6 Å². The quantitative estimate of drug-likeness (QED) is 0.394. The number of hydrogen-bond donors (Lipinski definition) is 4. The van der Waals surface area contributed by atoms with E-state index < -0.39 is 37.0 Å². The van der Waals surface area contributed by atoms with Gasteiger partial charge in [0.15, 0.2) is 0 Å². The predicted molar refractivity (Wildman–Crippen MR) is 68.4 cm³/mol. The number of rotatable bonds is 10. The van der Waals surface area contributed by atoms with Gasteiger partial charge in [-0.05, 0) is 19.4 Å². The highest BCUT2D eigenvalue weighted by atomic mass is 35.5. The van der Waals surface area contributed by atoms with Gasteiger partial charge in [-0.3, -0.25) is 19.3 Å². The summed E-state index contributed by atoms with van der Waals surface area (Å²) in [5.74, 6) is -3.75. The van der Waals surface area contributed by atoms with Crippen LogP contribution in [0.2, 0.25) is 0 Å². The van der Waals surface area contributed by atoms with Crippen LogP contribution in [0.1, 0.15) is 19.3 Å². The summed E-state index contributed by atoms with van der Waals surface area (Å²) in [5.41, 5.74) is 5.28. The number of carboxylic acids is 3. The Morgan fingerprint density at radius 2 is 1.47 bits per heavy atom. The third kappa shape index (κ3) is 9.23. The van der Waals surface area contributed by atoms with Crippen LogP contribution in [0, 0.1) is 0 Å². The predicted octanol–water partition coefficient (Wildman–Crippen LogP) is -0.538. The van der Waals surface area contributed by atoms with Crippen molar-refractivity contribution in [3.05, 3.63) is 0 Å². The van der Waals surface area contributed by atoms with Gasteiger partial charge in [-0.2, -0.15) is 0 Å². The van der Waals surface area contributed by atoms with E-state index in [1.165, 1.54) is 0 Å². The summed E-state index contributed by atoms with van der Waals surface area (Å²) >= 11 is 0. The second kappa shape index (κ2) is 10.5. The van der Waals surface area contributed by atoms with E-state index in [-0.39, 0.29) is 18.8 Å². The molecule has 0 saturated carbocycles. The number of unbranched alkanes of at least 4 members (excludes halogenated alkanes) is 1. The van der Waals surface area contributed by atoms with Crippen LogP contribution in [0.3, 0.4) is 0 Å². The Hall–Kier alpha value is -1.38. The maximum atomic E-state index is 11.0. The van der Waals surface area contributed by atoms with Gasteiger partial charge in [-0.25, -0.2) is 0 Å². The zero-order valence-electron chi connectivity index (χ0n) is 10.3. The van der Waals surface area contributed by atoms with Crippen molar-refractivity contribution in [2.24, 2.45) is 5.73 Å². The lowest BCUT2D eigenvalue weighted by Gasteiger charge is -2.25. The zero-order valence-corrected chi connectivity index (χ0v) is 11.1. The largest absolute Gasteiger partial charge is 0.480 e. The molecule has 0 rings (SSSR count). The average Bonchev–Trinajstić information content (AvgIpc) is 2.21. The van der Waals surface area contributed by atoms with Crippen molar-refractivity contribution >= 4 is 30.3 Å². The summed E-state index contributed by atoms with van der Waals surface area (Å²) in [4.78, 5) is 33.2. The highest BCUT2D eigenvalue weighted by Gasteiger charge is 2.28. The van der Waals surface area contributed by atoms with Crippen LogP contribution < -0.4 is 5.73 Å². The molecule has 0 aliphatic rings. The molecule has 0 aliphatic heterocycles. The summed E-state index contributed by atoms with van der Waals surface area (Å²) in [6, 6.07) is -1.12. The topological polar surface area (TPSA) is 141 Å². The summed E-state index contributed by atoms with van der Waals surface area (Å²) in [5, 5.41) is 26.3. The molecule has 0 unspecified atom stereocenters. The van der Waals surface area contributed by atoms with Gasteiger partial charge in [-0.1, -0.05) is 6.42 Å². The van der Waals surface area contributed by atoms with Crippen molar-refractivity contribution in [3.63, 3.8) is 0 Å². The number of halogens is 1. The minimum Gasteiger partial charge on any atom is -0.480 e. The Bertz CT molecular complexity index is 296. The van der Waals surface area contributed by atoms with Crippen molar-refractivity contribution in [1.29, 1.82) is 0 Å². The molecule has 5 N–H and O–H groups in total. The van der Waals surface area contributed by atoms with Gasteiger partial charge in [-0.15, -0.1) is 12.4 Å². The molecule has 112 valence electrons. The monoisotopic (exact) mass is 298 g/mol. The molecule has 19 heavy (non-hydrogen) atoms. The number of aliphatic carboxylic acids is 3. The maximum Gasteiger partial charge on any atom is 0.320 e. The highest BCUT2D eigenvalue weighted by Crippen LogP contribution is 2.09. The van der Waals surface area contributed by atoms with E-state index in [9.17, 15) is 14.4 Å². The van der Waals surface area contributed by atoms with E-state index in [1.54, 1.807) is 0 Å². The Morgan fingerprint density at radius 1 is 1.00 bits per heavy atom. The smallest absolute Gasteiger partial charge is 0.320 e. The van der Waals surface area contributed by atoms with Crippen LogP contribution in [0.25, 0.3) is 0 Å². The van der Waals surface area contributed by atoms with E-state index in [0.29, 0.717) is 19.4 Å². The molecule has 8 nitrogen and oxygen atoms in total.